The van der Waals surface area contributed by atoms with Crippen LogP contribution in [0, 0.1) is 0 Å². The van der Waals surface area contributed by atoms with E-state index in [0.29, 0.717) is 12.1 Å². The molecule has 0 radical (unpaired) electrons. The highest BCUT2D eigenvalue weighted by Crippen LogP contribution is 2.13. The van der Waals surface area contributed by atoms with Crippen molar-refractivity contribution in [3.8, 4) is 5.75 Å². The molecule has 1 rings (SSSR count). The van der Waals surface area contributed by atoms with Crippen molar-refractivity contribution in [2.75, 3.05) is 6.54 Å². The van der Waals surface area contributed by atoms with E-state index in [4.69, 9.17) is 0 Å². The number of rotatable bonds is 3. The zero-order valence-corrected chi connectivity index (χ0v) is 8.44. The summed E-state index contributed by atoms with van der Waals surface area (Å²) in [6.07, 6.45) is 1.56. The number of hydrogen-bond donors (Lipinski definition) is 2. The first-order valence-electron chi connectivity index (χ1n) is 4.49. The van der Waals surface area contributed by atoms with Gasteiger partial charge in [-0.1, -0.05) is 12.1 Å². The summed E-state index contributed by atoms with van der Waals surface area (Å²) in [7, 11) is 0. The van der Waals surface area contributed by atoms with E-state index in [1.165, 1.54) is 0 Å². The van der Waals surface area contributed by atoms with Gasteiger partial charge in [0.15, 0.2) is 0 Å². The molecule has 1 aromatic rings. The number of nitrogens with zero attached hydrogens (tertiary/aromatic N) is 1. The summed E-state index contributed by atoms with van der Waals surface area (Å²) in [5.41, 5.74) is -0.141. The first kappa shape index (κ1) is 10.7. The molecule has 0 saturated carbocycles. The van der Waals surface area contributed by atoms with Crippen molar-refractivity contribution in [1.29, 1.82) is 0 Å². The van der Waals surface area contributed by atoms with E-state index in [1.54, 1.807) is 38.3 Å². The molecule has 76 valence electrons. The lowest BCUT2D eigenvalue weighted by Crippen LogP contribution is -2.22. The smallest absolute Gasteiger partial charge is 0.124 e. The highest BCUT2D eigenvalue weighted by molar-refractivity contribution is 5.83. The van der Waals surface area contributed by atoms with Gasteiger partial charge in [-0.05, 0) is 26.0 Å². The minimum atomic E-state index is -0.805. The third-order valence-corrected chi connectivity index (χ3v) is 1.65. The van der Waals surface area contributed by atoms with E-state index in [2.05, 4.69) is 4.99 Å². The molecule has 1 aromatic carbocycles. The molecule has 0 aliphatic heterocycles. The van der Waals surface area contributed by atoms with Crippen molar-refractivity contribution in [1.82, 2.24) is 0 Å². The summed E-state index contributed by atoms with van der Waals surface area (Å²) in [6, 6.07) is 6.95. The van der Waals surface area contributed by atoms with Gasteiger partial charge in [-0.3, -0.25) is 4.99 Å². The largest absolute Gasteiger partial charge is 0.507 e. The molecule has 0 bridgehead atoms. The minimum absolute atomic E-state index is 0.201. The fourth-order valence-corrected chi connectivity index (χ4v) is 0.964. The summed E-state index contributed by atoms with van der Waals surface area (Å²) in [4.78, 5) is 4.04. The van der Waals surface area contributed by atoms with Crippen LogP contribution >= 0.6 is 0 Å². The van der Waals surface area contributed by atoms with E-state index in [9.17, 15) is 10.2 Å². The summed E-state index contributed by atoms with van der Waals surface area (Å²) in [6.45, 7) is 3.70. The average molecular weight is 193 g/mol. The lowest BCUT2D eigenvalue weighted by Gasteiger charge is -2.12. The van der Waals surface area contributed by atoms with Crippen molar-refractivity contribution >= 4 is 6.21 Å². The van der Waals surface area contributed by atoms with E-state index < -0.39 is 5.60 Å². The Morgan fingerprint density at radius 3 is 2.57 bits per heavy atom. The van der Waals surface area contributed by atoms with Gasteiger partial charge >= 0.3 is 0 Å². The molecular weight excluding hydrogens is 178 g/mol. The van der Waals surface area contributed by atoms with Crippen molar-refractivity contribution < 1.29 is 10.2 Å². The third-order valence-electron chi connectivity index (χ3n) is 1.65. The van der Waals surface area contributed by atoms with Crippen LogP contribution in [0.25, 0.3) is 0 Å². The van der Waals surface area contributed by atoms with Gasteiger partial charge < -0.3 is 10.2 Å². The van der Waals surface area contributed by atoms with Gasteiger partial charge in [-0.15, -0.1) is 0 Å². The first-order chi connectivity index (χ1) is 6.49. The van der Waals surface area contributed by atoms with Crippen molar-refractivity contribution in [3.63, 3.8) is 0 Å². The third kappa shape index (κ3) is 3.58. The number of hydrogen-bond acceptors (Lipinski definition) is 3. The lowest BCUT2D eigenvalue weighted by molar-refractivity contribution is 0.0906. The molecule has 0 atom stereocenters. The number of phenolic OH excluding ortho intramolecular Hbond substituents is 1. The summed E-state index contributed by atoms with van der Waals surface area (Å²) >= 11 is 0. The molecule has 2 N–H and O–H groups in total. The van der Waals surface area contributed by atoms with Gasteiger partial charge in [0, 0.05) is 11.8 Å². The second-order valence-electron chi connectivity index (χ2n) is 3.84. The van der Waals surface area contributed by atoms with Crippen LogP contribution in [0.3, 0.4) is 0 Å². The predicted octanol–water partition coefficient (Wildman–Crippen LogP) is 1.58. The van der Waals surface area contributed by atoms with Crippen LogP contribution in [0.4, 0.5) is 0 Å². The maximum atomic E-state index is 9.39. The fourth-order valence-electron chi connectivity index (χ4n) is 0.964. The van der Waals surface area contributed by atoms with E-state index in [1.807, 2.05) is 6.07 Å². The van der Waals surface area contributed by atoms with Gasteiger partial charge in [0.25, 0.3) is 0 Å². The topological polar surface area (TPSA) is 52.8 Å². The quantitative estimate of drug-likeness (QED) is 0.716. The molecule has 0 aliphatic carbocycles. The predicted molar refractivity (Wildman–Crippen MR) is 56.9 cm³/mol. The molecule has 3 nitrogen and oxygen atoms in total. The molecule has 0 aliphatic rings. The zero-order chi connectivity index (χ0) is 10.6. The Hall–Kier alpha value is -1.35. The Kier molecular flexibility index (Phi) is 3.25. The summed E-state index contributed by atoms with van der Waals surface area (Å²) < 4.78 is 0. The van der Waals surface area contributed by atoms with Crippen LogP contribution < -0.4 is 0 Å². The second kappa shape index (κ2) is 4.24. The van der Waals surface area contributed by atoms with Gasteiger partial charge in [0.05, 0.1) is 12.1 Å². The van der Waals surface area contributed by atoms with E-state index >= 15 is 0 Å². The molecular formula is C11H15NO2. The number of para-hydroxylation sites is 1. The molecule has 0 fully saturated rings. The van der Waals surface area contributed by atoms with Crippen molar-refractivity contribution in [2.45, 2.75) is 19.4 Å². The van der Waals surface area contributed by atoms with Crippen molar-refractivity contribution in [3.05, 3.63) is 29.8 Å². The summed E-state index contributed by atoms with van der Waals surface area (Å²) in [5.74, 6) is 0.201. The lowest BCUT2D eigenvalue weighted by atomic mass is 10.1. The van der Waals surface area contributed by atoms with Gasteiger partial charge in [-0.2, -0.15) is 0 Å². The Morgan fingerprint density at radius 2 is 2.00 bits per heavy atom. The van der Waals surface area contributed by atoms with Gasteiger partial charge in [0.1, 0.15) is 5.75 Å². The first-order valence-corrected chi connectivity index (χ1v) is 4.49. The maximum Gasteiger partial charge on any atom is 0.124 e. The van der Waals surface area contributed by atoms with E-state index in [-0.39, 0.29) is 5.75 Å². The zero-order valence-electron chi connectivity index (χ0n) is 8.44. The number of aliphatic hydroxyl groups is 1. The molecule has 0 saturated heterocycles. The second-order valence-corrected chi connectivity index (χ2v) is 3.84. The fraction of sp³-hybridized carbons (Fsp3) is 0.364. The standard InChI is InChI=1S/C11H15NO2/c1-11(2,14)8-12-7-9-5-3-4-6-10(9)13/h3-7,13-14H,8H2,1-2H3. The number of aromatic hydroxyl groups is 1. The van der Waals surface area contributed by atoms with Crippen LogP contribution in [0.5, 0.6) is 5.75 Å². The minimum Gasteiger partial charge on any atom is -0.507 e. The monoisotopic (exact) mass is 193 g/mol. The molecule has 3 heteroatoms. The normalized spacial score (nSPS) is 12.2. The number of aliphatic imine (C=N–C) groups is 1. The Bertz CT molecular complexity index is 326. The SMILES string of the molecule is CC(C)(O)CN=Cc1ccccc1O. The van der Waals surface area contributed by atoms with Crippen LogP contribution in [-0.4, -0.2) is 28.6 Å². The highest BCUT2D eigenvalue weighted by Gasteiger charge is 2.09. The number of benzene rings is 1. The van der Waals surface area contributed by atoms with Gasteiger partial charge in [0.2, 0.25) is 0 Å². The van der Waals surface area contributed by atoms with Crippen LogP contribution in [0.15, 0.2) is 29.3 Å². The highest BCUT2D eigenvalue weighted by atomic mass is 16.3. The average Bonchev–Trinajstić information content (AvgIpc) is 2.06. The molecule has 14 heavy (non-hydrogen) atoms. The Labute approximate surface area is 83.7 Å². The van der Waals surface area contributed by atoms with Gasteiger partial charge in [-0.25, -0.2) is 0 Å². The van der Waals surface area contributed by atoms with Crippen LogP contribution in [-0.2, 0) is 0 Å². The van der Waals surface area contributed by atoms with Crippen LogP contribution in [0.2, 0.25) is 0 Å². The molecule has 0 unspecified atom stereocenters. The van der Waals surface area contributed by atoms with Crippen LogP contribution in [0.1, 0.15) is 19.4 Å². The number of phenols is 1. The van der Waals surface area contributed by atoms with Crippen molar-refractivity contribution in [2.24, 2.45) is 4.99 Å². The molecule has 0 heterocycles. The maximum absolute atomic E-state index is 9.39. The Morgan fingerprint density at radius 1 is 1.36 bits per heavy atom. The molecule has 0 spiro atoms. The Balaban J connectivity index is 2.65. The van der Waals surface area contributed by atoms with E-state index in [0.717, 1.165) is 0 Å². The molecule has 0 amide bonds. The molecule has 0 aromatic heterocycles. The summed E-state index contributed by atoms with van der Waals surface area (Å²) in [5, 5.41) is 18.8.